The van der Waals surface area contributed by atoms with Crippen LogP contribution in [0.15, 0.2) is 24.3 Å². The minimum atomic E-state index is -1.36. The first-order valence-electron chi connectivity index (χ1n) is 7.92. The van der Waals surface area contributed by atoms with Gasteiger partial charge in [0.1, 0.15) is 5.60 Å². The number of carboxylic acid groups (broad SMARTS) is 1. The SMILES string of the molecule is CCC(CC)[C@](O)(C#Cc1cccc(C(=O)O)c1)C1(C#N)CC1. The van der Waals surface area contributed by atoms with E-state index in [0.29, 0.717) is 18.4 Å². The molecule has 4 heteroatoms. The molecule has 0 heterocycles. The van der Waals surface area contributed by atoms with Crippen molar-refractivity contribution >= 4 is 5.97 Å². The molecule has 1 aromatic rings. The van der Waals surface area contributed by atoms with Crippen molar-refractivity contribution in [2.24, 2.45) is 11.3 Å². The third-order valence-corrected chi connectivity index (χ3v) is 4.78. The summed E-state index contributed by atoms with van der Waals surface area (Å²) >= 11 is 0. The van der Waals surface area contributed by atoms with Crippen molar-refractivity contribution in [3.63, 3.8) is 0 Å². The number of nitrogens with zero attached hydrogens (tertiary/aromatic N) is 1. The number of hydrogen-bond donors (Lipinski definition) is 2. The van der Waals surface area contributed by atoms with Crippen LogP contribution in [0.3, 0.4) is 0 Å². The summed E-state index contributed by atoms with van der Waals surface area (Å²) in [6, 6.07) is 8.57. The molecule has 0 saturated heterocycles. The fraction of sp³-hybridized carbons (Fsp3) is 0.474. The largest absolute Gasteiger partial charge is 0.478 e. The van der Waals surface area contributed by atoms with Gasteiger partial charge in [-0.25, -0.2) is 4.79 Å². The molecule has 1 saturated carbocycles. The third-order valence-electron chi connectivity index (χ3n) is 4.78. The van der Waals surface area contributed by atoms with Crippen molar-refractivity contribution in [2.75, 3.05) is 0 Å². The van der Waals surface area contributed by atoms with E-state index in [4.69, 9.17) is 5.11 Å². The number of rotatable bonds is 5. The number of aromatic carboxylic acids is 1. The lowest BCUT2D eigenvalue weighted by Gasteiger charge is -2.34. The summed E-state index contributed by atoms with van der Waals surface area (Å²) < 4.78 is 0. The summed E-state index contributed by atoms with van der Waals surface area (Å²) in [5.74, 6) is 4.72. The lowest BCUT2D eigenvalue weighted by atomic mass is 9.73. The van der Waals surface area contributed by atoms with Crippen molar-refractivity contribution in [2.45, 2.75) is 45.1 Å². The van der Waals surface area contributed by atoms with E-state index in [9.17, 15) is 15.2 Å². The highest BCUT2D eigenvalue weighted by Gasteiger charge is 2.61. The molecule has 23 heavy (non-hydrogen) atoms. The highest BCUT2D eigenvalue weighted by atomic mass is 16.4. The molecule has 4 nitrogen and oxygen atoms in total. The van der Waals surface area contributed by atoms with Crippen LogP contribution in [0.5, 0.6) is 0 Å². The monoisotopic (exact) mass is 311 g/mol. The summed E-state index contributed by atoms with van der Waals surface area (Å²) in [7, 11) is 0. The van der Waals surface area contributed by atoms with Gasteiger partial charge < -0.3 is 10.2 Å². The van der Waals surface area contributed by atoms with Crippen LogP contribution < -0.4 is 0 Å². The maximum atomic E-state index is 11.2. The zero-order valence-corrected chi connectivity index (χ0v) is 13.5. The van der Waals surface area contributed by atoms with Gasteiger partial charge in [-0.3, -0.25) is 0 Å². The van der Waals surface area contributed by atoms with E-state index in [0.717, 1.165) is 12.8 Å². The van der Waals surface area contributed by atoms with Crippen molar-refractivity contribution < 1.29 is 15.0 Å². The average Bonchev–Trinajstić information content (AvgIpc) is 3.36. The van der Waals surface area contributed by atoms with Crippen LogP contribution in [0.25, 0.3) is 0 Å². The molecule has 2 N–H and O–H groups in total. The van der Waals surface area contributed by atoms with Gasteiger partial charge in [-0.2, -0.15) is 5.26 Å². The first-order valence-corrected chi connectivity index (χ1v) is 7.92. The van der Waals surface area contributed by atoms with Crippen molar-refractivity contribution in [1.29, 1.82) is 5.26 Å². The fourth-order valence-electron chi connectivity index (χ4n) is 3.09. The maximum Gasteiger partial charge on any atom is 0.335 e. The van der Waals surface area contributed by atoms with Gasteiger partial charge in [-0.1, -0.05) is 31.8 Å². The Bertz CT molecular complexity index is 699. The lowest BCUT2D eigenvalue weighted by Crippen LogP contribution is -2.44. The van der Waals surface area contributed by atoms with Crippen LogP contribution in [0, 0.1) is 34.5 Å². The van der Waals surface area contributed by atoms with Gasteiger partial charge in [0.2, 0.25) is 0 Å². The van der Waals surface area contributed by atoms with Crippen LogP contribution >= 0.6 is 0 Å². The molecule has 1 aliphatic rings. The van der Waals surface area contributed by atoms with Gasteiger partial charge in [0.05, 0.1) is 17.0 Å². The molecule has 0 aliphatic heterocycles. The number of nitriles is 1. The second-order valence-corrected chi connectivity index (χ2v) is 6.11. The third kappa shape index (κ3) is 3.09. The number of aliphatic hydroxyl groups is 1. The second kappa shape index (κ2) is 6.44. The van der Waals surface area contributed by atoms with Gasteiger partial charge in [-0.05, 0) is 43.9 Å². The molecule has 0 radical (unpaired) electrons. The van der Waals surface area contributed by atoms with Crippen molar-refractivity contribution in [3.8, 4) is 17.9 Å². The normalized spacial score (nSPS) is 17.5. The topological polar surface area (TPSA) is 81.3 Å². The Morgan fingerprint density at radius 3 is 2.52 bits per heavy atom. The summed E-state index contributed by atoms with van der Waals surface area (Å²) in [5, 5.41) is 29.7. The Labute approximate surface area is 136 Å². The molecule has 2 rings (SSSR count). The zero-order valence-electron chi connectivity index (χ0n) is 13.5. The molecule has 1 aliphatic carbocycles. The second-order valence-electron chi connectivity index (χ2n) is 6.11. The molecule has 0 spiro atoms. The maximum absolute atomic E-state index is 11.2. The Hall–Kier alpha value is -2.30. The van der Waals surface area contributed by atoms with E-state index in [1.807, 2.05) is 13.8 Å². The van der Waals surface area contributed by atoms with E-state index in [2.05, 4.69) is 17.9 Å². The highest BCUT2D eigenvalue weighted by molar-refractivity contribution is 5.88. The van der Waals surface area contributed by atoms with Gasteiger partial charge in [-0.15, -0.1) is 0 Å². The summed E-state index contributed by atoms with van der Waals surface area (Å²) in [5.41, 5.74) is -1.46. The summed E-state index contributed by atoms with van der Waals surface area (Å²) in [4.78, 5) is 11.0. The van der Waals surface area contributed by atoms with Gasteiger partial charge >= 0.3 is 5.97 Å². The Kier molecular flexibility index (Phi) is 4.78. The summed E-state index contributed by atoms with van der Waals surface area (Å²) in [6.07, 6.45) is 2.78. The van der Waals surface area contributed by atoms with Crippen molar-refractivity contribution in [1.82, 2.24) is 0 Å². The van der Waals surface area contributed by atoms with E-state index in [1.165, 1.54) is 12.1 Å². The van der Waals surface area contributed by atoms with E-state index in [-0.39, 0.29) is 11.5 Å². The first-order chi connectivity index (χ1) is 10.9. The molecular formula is C19H21NO3. The van der Waals surface area contributed by atoms with Gasteiger partial charge in [0.15, 0.2) is 0 Å². The molecular weight excluding hydrogens is 290 g/mol. The van der Waals surface area contributed by atoms with Crippen LogP contribution in [0.2, 0.25) is 0 Å². The highest BCUT2D eigenvalue weighted by Crippen LogP contribution is 2.57. The molecule has 0 bridgehead atoms. The predicted octanol–water partition coefficient (Wildman–Crippen LogP) is 3.21. The van der Waals surface area contributed by atoms with Gasteiger partial charge in [0.25, 0.3) is 0 Å². The molecule has 1 aromatic carbocycles. The molecule has 0 unspecified atom stereocenters. The molecule has 120 valence electrons. The van der Waals surface area contributed by atoms with Crippen LogP contribution in [0.4, 0.5) is 0 Å². The van der Waals surface area contributed by atoms with Crippen LogP contribution in [-0.2, 0) is 0 Å². The van der Waals surface area contributed by atoms with E-state index in [1.54, 1.807) is 12.1 Å². The van der Waals surface area contributed by atoms with E-state index < -0.39 is 17.0 Å². The standard InChI is InChI=1S/C19H21NO3/c1-3-16(4-2)19(23,18(13-20)10-11-18)9-8-14-6-5-7-15(12-14)17(21)22/h5-7,12,16,23H,3-4,10-11H2,1-2H3,(H,21,22)/t19-/m1/s1. The lowest BCUT2D eigenvalue weighted by molar-refractivity contribution is -0.0123. The quantitative estimate of drug-likeness (QED) is 0.818. The predicted molar refractivity (Wildman–Crippen MR) is 86.6 cm³/mol. The molecule has 0 aromatic heterocycles. The summed E-state index contributed by atoms with van der Waals surface area (Å²) in [6.45, 7) is 3.97. The van der Waals surface area contributed by atoms with E-state index >= 15 is 0 Å². The average molecular weight is 311 g/mol. The van der Waals surface area contributed by atoms with Gasteiger partial charge in [0, 0.05) is 11.5 Å². The fourth-order valence-corrected chi connectivity index (χ4v) is 3.09. The number of carboxylic acids is 1. The van der Waals surface area contributed by atoms with Crippen molar-refractivity contribution in [3.05, 3.63) is 35.4 Å². The van der Waals surface area contributed by atoms with Crippen LogP contribution in [-0.4, -0.2) is 21.8 Å². The minimum absolute atomic E-state index is 0.0835. The molecule has 1 fully saturated rings. The number of benzene rings is 1. The smallest absolute Gasteiger partial charge is 0.335 e. The minimum Gasteiger partial charge on any atom is -0.478 e. The van der Waals surface area contributed by atoms with Crippen LogP contribution in [0.1, 0.15) is 55.5 Å². The Balaban J connectivity index is 2.43. The number of hydrogen-bond acceptors (Lipinski definition) is 3. The molecule has 0 amide bonds. The zero-order chi connectivity index (χ0) is 17.1. The Morgan fingerprint density at radius 2 is 2.04 bits per heavy atom. The first kappa shape index (κ1) is 17.1. The number of carbonyl (C=O) groups is 1. The Morgan fingerprint density at radius 1 is 1.39 bits per heavy atom. The molecule has 1 atom stereocenters.